The van der Waals surface area contributed by atoms with E-state index >= 15 is 0 Å². The second-order valence-corrected chi connectivity index (χ2v) is 5.18. The number of fused-ring (bicyclic) bond motifs is 1. The summed E-state index contributed by atoms with van der Waals surface area (Å²) in [6.45, 7) is 6.65. The van der Waals surface area contributed by atoms with Crippen molar-refractivity contribution in [3.63, 3.8) is 0 Å². The number of carbonyl (C=O) groups excluding carboxylic acids is 1. The summed E-state index contributed by atoms with van der Waals surface area (Å²) < 4.78 is 5.74. The lowest BCUT2D eigenvalue weighted by atomic mass is 9.93. The summed E-state index contributed by atoms with van der Waals surface area (Å²) in [4.78, 5) is 14.2. The molecular weight excluding hydrogens is 230 g/mol. The first kappa shape index (κ1) is 12.9. The maximum atomic E-state index is 12.4. The van der Waals surface area contributed by atoms with E-state index in [-0.39, 0.29) is 12.5 Å². The third-order valence-electron chi connectivity index (χ3n) is 3.23. The van der Waals surface area contributed by atoms with Crippen LogP contribution in [-0.2, 0) is 11.4 Å². The average Bonchev–Trinajstić information content (AvgIpc) is 2.46. The van der Waals surface area contributed by atoms with Crippen molar-refractivity contribution < 1.29 is 14.6 Å². The van der Waals surface area contributed by atoms with Gasteiger partial charge in [-0.3, -0.25) is 4.79 Å². The average molecular weight is 249 g/mol. The van der Waals surface area contributed by atoms with Gasteiger partial charge in [0.2, 0.25) is 5.91 Å². The number of ether oxygens (including phenoxy) is 1. The van der Waals surface area contributed by atoms with Crippen molar-refractivity contribution in [2.24, 2.45) is 5.41 Å². The van der Waals surface area contributed by atoms with Crippen LogP contribution >= 0.6 is 0 Å². The molecule has 0 spiro atoms. The van der Waals surface area contributed by atoms with E-state index in [1.54, 1.807) is 11.0 Å². The number of aliphatic hydroxyl groups excluding tert-OH is 1. The zero-order valence-electron chi connectivity index (χ0n) is 11.1. The molecule has 1 amide bonds. The van der Waals surface area contributed by atoms with Gasteiger partial charge in [-0.2, -0.15) is 0 Å². The van der Waals surface area contributed by atoms with Gasteiger partial charge in [0.05, 0.1) is 17.7 Å². The number of benzene rings is 1. The van der Waals surface area contributed by atoms with Gasteiger partial charge in [0.25, 0.3) is 0 Å². The van der Waals surface area contributed by atoms with E-state index in [2.05, 4.69) is 0 Å². The molecule has 0 fully saturated rings. The third-order valence-corrected chi connectivity index (χ3v) is 3.23. The third kappa shape index (κ3) is 2.08. The van der Waals surface area contributed by atoms with Crippen molar-refractivity contribution in [2.45, 2.75) is 27.4 Å². The Hall–Kier alpha value is -1.55. The summed E-state index contributed by atoms with van der Waals surface area (Å²) in [5.41, 5.74) is 1.04. The molecule has 1 N–H and O–H groups in total. The number of hydrogen-bond donors (Lipinski definition) is 1. The molecule has 4 heteroatoms. The van der Waals surface area contributed by atoms with Crippen molar-refractivity contribution in [2.75, 3.05) is 18.1 Å². The molecule has 0 unspecified atom stereocenters. The van der Waals surface area contributed by atoms with Crippen LogP contribution in [0.4, 0.5) is 5.69 Å². The van der Waals surface area contributed by atoms with Gasteiger partial charge in [-0.05, 0) is 38.5 Å². The van der Waals surface area contributed by atoms with Crippen LogP contribution in [0.5, 0.6) is 5.75 Å². The Balaban J connectivity index is 2.50. The number of hydrogen-bond acceptors (Lipinski definition) is 3. The molecule has 1 aliphatic heterocycles. The second-order valence-electron chi connectivity index (χ2n) is 5.18. The van der Waals surface area contributed by atoms with Gasteiger partial charge in [-0.15, -0.1) is 0 Å². The quantitative estimate of drug-likeness (QED) is 0.871. The Bertz CT molecular complexity index is 468. The molecular formula is C14H19NO3. The number of nitrogens with zero attached hydrogens (tertiary/aromatic N) is 1. The first-order valence-electron chi connectivity index (χ1n) is 6.18. The lowest BCUT2D eigenvalue weighted by Gasteiger charge is -2.26. The predicted octanol–water partition coefficient (Wildman–Crippen LogP) is 1.95. The highest BCUT2D eigenvalue weighted by atomic mass is 16.5. The normalized spacial score (nSPS) is 18.0. The molecule has 1 aromatic rings. The summed E-state index contributed by atoms with van der Waals surface area (Å²) >= 11 is 0. The molecule has 0 saturated heterocycles. The van der Waals surface area contributed by atoms with Crippen LogP contribution in [0.15, 0.2) is 18.2 Å². The van der Waals surface area contributed by atoms with E-state index in [9.17, 15) is 4.79 Å². The Kier molecular flexibility index (Phi) is 3.30. The second kappa shape index (κ2) is 4.61. The van der Waals surface area contributed by atoms with Crippen molar-refractivity contribution in [3.05, 3.63) is 23.8 Å². The molecule has 1 aliphatic rings. The number of carbonyl (C=O) groups is 1. The van der Waals surface area contributed by atoms with Gasteiger partial charge >= 0.3 is 0 Å². The molecule has 0 aliphatic carbocycles. The van der Waals surface area contributed by atoms with E-state index in [1.807, 2.05) is 32.9 Å². The molecule has 0 saturated carbocycles. The van der Waals surface area contributed by atoms with Gasteiger partial charge in [0.1, 0.15) is 12.4 Å². The topological polar surface area (TPSA) is 49.8 Å². The SMILES string of the molecule is CCN1C(=O)C(C)(C)COc2cc(CO)ccc21. The summed E-state index contributed by atoms with van der Waals surface area (Å²) in [7, 11) is 0. The van der Waals surface area contributed by atoms with Crippen LogP contribution in [0.3, 0.4) is 0 Å². The standard InChI is InChI=1S/C14H19NO3/c1-4-15-11-6-5-10(8-16)7-12(11)18-9-14(2,3)13(15)17/h5-7,16H,4,8-9H2,1-3H3. The van der Waals surface area contributed by atoms with Gasteiger partial charge in [-0.1, -0.05) is 6.07 Å². The number of anilines is 1. The highest BCUT2D eigenvalue weighted by Crippen LogP contribution is 2.36. The highest BCUT2D eigenvalue weighted by Gasteiger charge is 2.37. The monoisotopic (exact) mass is 249 g/mol. The van der Waals surface area contributed by atoms with Crippen LogP contribution in [0.1, 0.15) is 26.3 Å². The Morgan fingerprint density at radius 1 is 1.44 bits per heavy atom. The van der Waals surface area contributed by atoms with E-state index in [1.165, 1.54) is 0 Å². The van der Waals surface area contributed by atoms with Crippen molar-refractivity contribution >= 4 is 11.6 Å². The summed E-state index contributed by atoms with van der Waals surface area (Å²) in [5, 5.41) is 9.15. The summed E-state index contributed by atoms with van der Waals surface area (Å²) in [6.07, 6.45) is 0. The fourth-order valence-corrected chi connectivity index (χ4v) is 2.10. The van der Waals surface area contributed by atoms with Crippen molar-refractivity contribution in [1.82, 2.24) is 0 Å². The predicted molar refractivity (Wildman–Crippen MR) is 69.7 cm³/mol. The molecule has 0 aromatic heterocycles. The molecule has 1 heterocycles. The Morgan fingerprint density at radius 2 is 2.17 bits per heavy atom. The number of rotatable bonds is 2. The zero-order valence-corrected chi connectivity index (χ0v) is 11.1. The minimum atomic E-state index is -0.533. The lowest BCUT2D eigenvalue weighted by Crippen LogP contribution is -2.42. The molecule has 4 nitrogen and oxygen atoms in total. The van der Waals surface area contributed by atoms with Crippen LogP contribution in [-0.4, -0.2) is 24.2 Å². The molecule has 0 radical (unpaired) electrons. The van der Waals surface area contributed by atoms with E-state index < -0.39 is 5.41 Å². The Labute approximate surface area is 107 Å². The first-order valence-corrected chi connectivity index (χ1v) is 6.18. The van der Waals surface area contributed by atoms with Crippen molar-refractivity contribution in [3.8, 4) is 5.75 Å². The largest absolute Gasteiger partial charge is 0.490 e. The number of aliphatic hydroxyl groups is 1. The van der Waals surface area contributed by atoms with E-state index in [0.29, 0.717) is 18.9 Å². The van der Waals surface area contributed by atoms with Crippen LogP contribution in [0, 0.1) is 5.41 Å². The molecule has 0 atom stereocenters. The maximum absolute atomic E-state index is 12.4. The highest BCUT2D eigenvalue weighted by molar-refractivity contribution is 5.99. The molecule has 1 aromatic carbocycles. The first-order chi connectivity index (χ1) is 8.49. The number of amides is 1. The van der Waals surface area contributed by atoms with E-state index in [0.717, 1.165) is 11.3 Å². The lowest BCUT2D eigenvalue weighted by molar-refractivity contribution is -0.127. The van der Waals surface area contributed by atoms with Crippen LogP contribution in [0.2, 0.25) is 0 Å². The van der Waals surface area contributed by atoms with Gasteiger partial charge < -0.3 is 14.7 Å². The van der Waals surface area contributed by atoms with Crippen LogP contribution < -0.4 is 9.64 Å². The summed E-state index contributed by atoms with van der Waals surface area (Å²) in [5.74, 6) is 0.739. The van der Waals surface area contributed by atoms with Gasteiger partial charge in [0, 0.05) is 6.54 Å². The van der Waals surface area contributed by atoms with Crippen molar-refractivity contribution in [1.29, 1.82) is 0 Å². The smallest absolute Gasteiger partial charge is 0.236 e. The van der Waals surface area contributed by atoms with Gasteiger partial charge in [-0.25, -0.2) is 0 Å². The molecule has 0 bridgehead atoms. The minimum absolute atomic E-state index is 0.0277. The van der Waals surface area contributed by atoms with E-state index in [4.69, 9.17) is 9.84 Å². The fourth-order valence-electron chi connectivity index (χ4n) is 2.10. The molecule has 2 rings (SSSR count). The summed E-state index contributed by atoms with van der Waals surface area (Å²) in [6, 6.07) is 5.45. The molecule has 98 valence electrons. The zero-order chi connectivity index (χ0) is 13.3. The van der Waals surface area contributed by atoms with Crippen LogP contribution in [0.25, 0.3) is 0 Å². The maximum Gasteiger partial charge on any atom is 0.236 e. The Morgan fingerprint density at radius 3 is 2.78 bits per heavy atom. The molecule has 18 heavy (non-hydrogen) atoms. The minimum Gasteiger partial charge on any atom is -0.490 e. The van der Waals surface area contributed by atoms with Gasteiger partial charge in [0.15, 0.2) is 0 Å². The fraction of sp³-hybridized carbons (Fsp3) is 0.500.